The predicted octanol–water partition coefficient (Wildman–Crippen LogP) is 4.11. The average molecular weight is 286 g/mol. The summed E-state index contributed by atoms with van der Waals surface area (Å²) in [6.45, 7) is 10.7. The maximum absolute atomic E-state index is 5.35. The van der Waals surface area contributed by atoms with Gasteiger partial charge < -0.3 is 10.1 Å². The lowest BCUT2D eigenvalue weighted by atomic mass is 10.0. The Labute approximate surface area is 127 Å². The molecular weight excluding hydrogens is 260 g/mol. The van der Waals surface area contributed by atoms with Crippen LogP contribution in [-0.2, 0) is 6.54 Å². The van der Waals surface area contributed by atoms with Gasteiger partial charge >= 0.3 is 0 Å². The highest BCUT2D eigenvalue weighted by Gasteiger charge is 2.09. The maximum atomic E-state index is 5.35. The zero-order valence-electron chi connectivity index (χ0n) is 13.7. The van der Waals surface area contributed by atoms with E-state index < -0.39 is 0 Å². The molecule has 2 aromatic rings. The molecule has 0 radical (unpaired) electrons. The Morgan fingerprint density at radius 2 is 1.90 bits per heavy atom. The van der Waals surface area contributed by atoms with Crippen molar-refractivity contribution in [1.29, 1.82) is 0 Å². The fourth-order valence-corrected chi connectivity index (χ4v) is 2.36. The molecule has 3 heteroatoms. The van der Waals surface area contributed by atoms with Crippen molar-refractivity contribution in [2.45, 2.75) is 40.2 Å². The van der Waals surface area contributed by atoms with Crippen molar-refractivity contribution in [1.82, 2.24) is 10.3 Å². The molecule has 21 heavy (non-hydrogen) atoms. The van der Waals surface area contributed by atoms with E-state index in [9.17, 15) is 0 Å². The molecule has 3 nitrogen and oxygen atoms in total. The molecule has 2 rings (SSSR count). The van der Waals surface area contributed by atoms with E-state index >= 15 is 0 Å². The summed E-state index contributed by atoms with van der Waals surface area (Å²) in [6, 6.07) is 8.33. The van der Waals surface area contributed by atoms with Crippen LogP contribution in [0.25, 0.3) is 10.9 Å². The molecule has 0 aliphatic rings. The molecule has 0 atom stereocenters. The number of benzene rings is 1. The quantitative estimate of drug-likeness (QED) is 0.867. The highest BCUT2D eigenvalue weighted by atomic mass is 16.5. The molecule has 0 bridgehead atoms. The SMILES string of the molecule is COc1ccc2nc(C(C)C)cc(CNCC(C)C)c2c1. The van der Waals surface area contributed by atoms with Crippen LogP contribution in [0.4, 0.5) is 0 Å². The van der Waals surface area contributed by atoms with Gasteiger partial charge in [-0.2, -0.15) is 0 Å². The van der Waals surface area contributed by atoms with Gasteiger partial charge in [0, 0.05) is 17.6 Å². The van der Waals surface area contributed by atoms with E-state index in [4.69, 9.17) is 9.72 Å². The fourth-order valence-electron chi connectivity index (χ4n) is 2.36. The minimum Gasteiger partial charge on any atom is -0.497 e. The molecule has 0 unspecified atom stereocenters. The number of methoxy groups -OCH3 is 1. The standard InChI is InChI=1S/C18H26N2O/c1-12(2)10-19-11-14-8-18(13(3)4)20-17-7-6-15(21-5)9-16(14)17/h6-9,12-13,19H,10-11H2,1-5H3. The van der Waals surface area contributed by atoms with Crippen LogP contribution >= 0.6 is 0 Å². The molecule has 114 valence electrons. The molecule has 0 fully saturated rings. The second-order valence-corrected chi connectivity index (χ2v) is 6.27. The third-order valence-corrected chi connectivity index (χ3v) is 3.58. The van der Waals surface area contributed by atoms with Crippen molar-refractivity contribution < 1.29 is 4.74 Å². The first kappa shape index (κ1) is 15.8. The van der Waals surface area contributed by atoms with Crippen molar-refractivity contribution >= 4 is 10.9 Å². The molecule has 1 heterocycles. The van der Waals surface area contributed by atoms with Crippen LogP contribution in [0, 0.1) is 5.92 Å². The summed E-state index contributed by atoms with van der Waals surface area (Å²) in [6.07, 6.45) is 0. The molecule has 1 aromatic carbocycles. The second-order valence-electron chi connectivity index (χ2n) is 6.27. The molecule has 0 saturated heterocycles. The van der Waals surface area contributed by atoms with Crippen LogP contribution in [0.1, 0.15) is 44.9 Å². The van der Waals surface area contributed by atoms with E-state index in [2.05, 4.69) is 45.1 Å². The zero-order valence-corrected chi connectivity index (χ0v) is 13.7. The van der Waals surface area contributed by atoms with Crippen LogP contribution in [0.5, 0.6) is 5.75 Å². The highest BCUT2D eigenvalue weighted by Crippen LogP contribution is 2.26. The van der Waals surface area contributed by atoms with Gasteiger partial charge in [0.2, 0.25) is 0 Å². The van der Waals surface area contributed by atoms with Gasteiger partial charge in [0.25, 0.3) is 0 Å². The van der Waals surface area contributed by atoms with Gasteiger partial charge in [-0.25, -0.2) is 0 Å². The molecule has 0 aliphatic carbocycles. The molecule has 0 aliphatic heterocycles. The minimum atomic E-state index is 0.431. The van der Waals surface area contributed by atoms with Crippen molar-refractivity contribution in [2.75, 3.05) is 13.7 Å². The fraction of sp³-hybridized carbons (Fsp3) is 0.500. The van der Waals surface area contributed by atoms with E-state index in [-0.39, 0.29) is 0 Å². The summed E-state index contributed by atoms with van der Waals surface area (Å²) < 4.78 is 5.35. The topological polar surface area (TPSA) is 34.1 Å². The molecule has 0 saturated carbocycles. The largest absolute Gasteiger partial charge is 0.497 e. The van der Waals surface area contributed by atoms with Crippen molar-refractivity contribution in [2.24, 2.45) is 5.92 Å². The Kier molecular flexibility index (Phi) is 5.18. The lowest BCUT2D eigenvalue weighted by molar-refractivity contribution is 0.415. The Bertz CT molecular complexity index is 605. The molecular formula is C18H26N2O. The van der Waals surface area contributed by atoms with E-state index in [1.165, 1.54) is 10.9 Å². The normalized spacial score (nSPS) is 11.6. The predicted molar refractivity (Wildman–Crippen MR) is 88.9 cm³/mol. The van der Waals surface area contributed by atoms with Gasteiger partial charge in [0.1, 0.15) is 5.75 Å². The van der Waals surface area contributed by atoms with Crippen molar-refractivity contribution in [3.05, 3.63) is 35.5 Å². The van der Waals surface area contributed by atoms with Crippen LogP contribution < -0.4 is 10.1 Å². The molecule has 0 amide bonds. The van der Waals surface area contributed by atoms with Gasteiger partial charge in [-0.3, -0.25) is 4.98 Å². The number of ether oxygens (including phenoxy) is 1. The smallest absolute Gasteiger partial charge is 0.119 e. The number of nitrogens with zero attached hydrogens (tertiary/aromatic N) is 1. The Balaban J connectivity index is 2.41. The third-order valence-electron chi connectivity index (χ3n) is 3.58. The summed E-state index contributed by atoms with van der Waals surface area (Å²) in [4.78, 5) is 4.77. The van der Waals surface area contributed by atoms with Gasteiger partial charge in [-0.1, -0.05) is 27.7 Å². The van der Waals surface area contributed by atoms with E-state index in [0.717, 1.165) is 30.0 Å². The number of rotatable bonds is 6. The summed E-state index contributed by atoms with van der Waals surface area (Å²) in [5, 5.41) is 4.70. The second kappa shape index (κ2) is 6.90. The first-order chi connectivity index (χ1) is 10.0. The van der Waals surface area contributed by atoms with Gasteiger partial charge in [-0.05, 0) is 48.2 Å². The number of nitrogens with one attached hydrogen (secondary N) is 1. The summed E-state index contributed by atoms with van der Waals surface area (Å²) in [7, 11) is 1.70. The molecule has 1 aromatic heterocycles. The first-order valence-electron chi connectivity index (χ1n) is 7.69. The van der Waals surface area contributed by atoms with Crippen molar-refractivity contribution in [3.63, 3.8) is 0 Å². The number of aromatic nitrogens is 1. The Hall–Kier alpha value is -1.61. The lowest BCUT2D eigenvalue weighted by Gasteiger charge is -2.14. The number of pyridine rings is 1. The lowest BCUT2D eigenvalue weighted by Crippen LogP contribution is -2.19. The maximum Gasteiger partial charge on any atom is 0.119 e. The Morgan fingerprint density at radius 3 is 2.52 bits per heavy atom. The van der Waals surface area contributed by atoms with Crippen molar-refractivity contribution in [3.8, 4) is 5.75 Å². The summed E-state index contributed by atoms with van der Waals surface area (Å²) in [5.41, 5.74) is 3.49. The van der Waals surface area contributed by atoms with Gasteiger partial charge in [-0.15, -0.1) is 0 Å². The molecule has 1 N–H and O–H groups in total. The minimum absolute atomic E-state index is 0.431. The van der Waals surface area contributed by atoms with Gasteiger partial charge in [0.05, 0.1) is 12.6 Å². The number of hydrogen-bond donors (Lipinski definition) is 1. The first-order valence-corrected chi connectivity index (χ1v) is 7.69. The highest BCUT2D eigenvalue weighted by molar-refractivity contribution is 5.84. The molecule has 0 spiro atoms. The number of hydrogen-bond acceptors (Lipinski definition) is 3. The van der Waals surface area contributed by atoms with Gasteiger partial charge in [0.15, 0.2) is 0 Å². The van der Waals surface area contributed by atoms with Crippen LogP contribution in [0.2, 0.25) is 0 Å². The monoisotopic (exact) mass is 286 g/mol. The van der Waals surface area contributed by atoms with E-state index in [1.54, 1.807) is 7.11 Å². The summed E-state index contributed by atoms with van der Waals surface area (Å²) in [5.74, 6) is 1.96. The zero-order chi connectivity index (χ0) is 15.4. The number of fused-ring (bicyclic) bond motifs is 1. The van der Waals surface area contributed by atoms with E-state index in [1.807, 2.05) is 12.1 Å². The van der Waals surface area contributed by atoms with Crippen LogP contribution in [0.3, 0.4) is 0 Å². The Morgan fingerprint density at radius 1 is 1.14 bits per heavy atom. The summed E-state index contributed by atoms with van der Waals surface area (Å²) >= 11 is 0. The third kappa shape index (κ3) is 3.94. The van der Waals surface area contributed by atoms with Crippen LogP contribution in [-0.4, -0.2) is 18.6 Å². The average Bonchev–Trinajstić information content (AvgIpc) is 2.46. The van der Waals surface area contributed by atoms with Crippen LogP contribution in [0.15, 0.2) is 24.3 Å². The van der Waals surface area contributed by atoms with E-state index in [0.29, 0.717) is 11.8 Å².